The first kappa shape index (κ1) is 15.6. The molecule has 1 heterocycles. The third-order valence-corrected chi connectivity index (χ3v) is 3.65. The van der Waals surface area contributed by atoms with Gasteiger partial charge in [-0.15, -0.1) is 0 Å². The van der Waals surface area contributed by atoms with Crippen LogP contribution in [0.3, 0.4) is 0 Å². The molecule has 3 nitrogen and oxygen atoms in total. The minimum atomic E-state index is -0.189. The Morgan fingerprint density at radius 2 is 1.62 bits per heavy atom. The number of hydrogen-bond acceptors (Lipinski definition) is 1. The van der Waals surface area contributed by atoms with E-state index in [1.165, 1.54) is 0 Å². The van der Waals surface area contributed by atoms with Gasteiger partial charge < -0.3 is 0 Å². The van der Waals surface area contributed by atoms with Crippen LogP contribution in [0.1, 0.15) is 58.4 Å². The van der Waals surface area contributed by atoms with Crippen molar-refractivity contribution in [3.63, 3.8) is 0 Å². The van der Waals surface area contributed by atoms with Crippen LogP contribution in [0.25, 0.3) is 5.69 Å². The lowest BCUT2D eigenvalue weighted by atomic mass is 9.79. The molecule has 0 radical (unpaired) electrons. The molecule has 0 spiro atoms. The number of aryl methyl sites for hydroxylation is 1. The van der Waals surface area contributed by atoms with Gasteiger partial charge in [-0.05, 0) is 30.0 Å². The van der Waals surface area contributed by atoms with Gasteiger partial charge in [-0.25, -0.2) is 4.68 Å². The molecule has 2 aromatic rings. The first-order valence-electron chi connectivity index (χ1n) is 7.45. The van der Waals surface area contributed by atoms with Gasteiger partial charge in [0.15, 0.2) is 0 Å². The van der Waals surface area contributed by atoms with Gasteiger partial charge in [-0.2, -0.15) is 0 Å². The zero-order chi connectivity index (χ0) is 16.0. The Bertz CT molecular complexity index is 706. The summed E-state index contributed by atoms with van der Waals surface area (Å²) in [4.78, 5) is 12.9. The maximum absolute atomic E-state index is 12.9. The van der Waals surface area contributed by atoms with E-state index < -0.39 is 0 Å². The van der Waals surface area contributed by atoms with Gasteiger partial charge in [0.2, 0.25) is 0 Å². The molecule has 0 atom stereocenters. The van der Waals surface area contributed by atoms with Crippen molar-refractivity contribution in [3.05, 3.63) is 51.4 Å². The van der Waals surface area contributed by atoms with Gasteiger partial charge in [0.25, 0.3) is 5.56 Å². The van der Waals surface area contributed by atoms with E-state index in [1.807, 2.05) is 31.2 Å². The van der Waals surface area contributed by atoms with Crippen molar-refractivity contribution in [2.75, 3.05) is 0 Å². The molecule has 0 unspecified atom stereocenters. The fourth-order valence-corrected chi connectivity index (χ4v) is 2.62. The second-order valence-corrected chi connectivity index (χ2v) is 7.84. The first-order chi connectivity index (χ1) is 9.51. The van der Waals surface area contributed by atoms with Gasteiger partial charge in [-0.3, -0.25) is 9.89 Å². The average Bonchev–Trinajstić information content (AvgIpc) is 2.66. The first-order valence-corrected chi connectivity index (χ1v) is 7.45. The second kappa shape index (κ2) is 4.90. The van der Waals surface area contributed by atoms with Crippen LogP contribution in [0.5, 0.6) is 0 Å². The summed E-state index contributed by atoms with van der Waals surface area (Å²) in [5.74, 6) is 0. The molecule has 0 saturated heterocycles. The lowest BCUT2D eigenvalue weighted by Crippen LogP contribution is -2.27. The number of hydrogen-bond donors (Lipinski definition) is 1. The van der Waals surface area contributed by atoms with E-state index >= 15 is 0 Å². The van der Waals surface area contributed by atoms with Crippen LogP contribution in [0.15, 0.2) is 29.1 Å². The Kier molecular flexibility index (Phi) is 3.64. The third-order valence-electron chi connectivity index (χ3n) is 3.65. The SMILES string of the molecule is Cc1cccc(-n2[nH]c(C(C)(C)C)c(C(C)(C)C)c2=O)c1. The minimum absolute atomic E-state index is 0.0537. The number of aromatic amines is 1. The number of nitrogens with one attached hydrogen (secondary N) is 1. The fourth-order valence-electron chi connectivity index (χ4n) is 2.62. The number of benzene rings is 1. The lowest BCUT2D eigenvalue weighted by molar-refractivity contribution is 0.517. The Morgan fingerprint density at radius 1 is 1.00 bits per heavy atom. The average molecular weight is 286 g/mol. The summed E-state index contributed by atoms with van der Waals surface area (Å²) >= 11 is 0. The number of rotatable bonds is 1. The lowest BCUT2D eigenvalue weighted by Gasteiger charge is -2.24. The highest BCUT2D eigenvalue weighted by atomic mass is 16.1. The van der Waals surface area contributed by atoms with Crippen molar-refractivity contribution in [3.8, 4) is 5.69 Å². The van der Waals surface area contributed by atoms with Crippen molar-refractivity contribution in [1.29, 1.82) is 0 Å². The second-order valence-electron chi connectivity index (χ2n) is 7.84. The Balaban J connectivity index is 2.77. The van der Waals surface area contributed by atoms with Crippen LogP contribution in [-0.4, -0.2) is 9.78 Å². The van der Waals surface area contributed by atoms with Gasteiger partial charge in [0.1, 0.15) is 0 Å². The van der Waals surface area contributed by atoms with Crippen molar-refractivity contribution >= 4 is 0 Å². The molecule has 1 N–H and O–H groups in total. The zero-order valence-corrected chi connectivity index (χ0v) is 14.2. The molecule has 21 heavy (non-hydrogen) atoms. The van der Waals surface area contributed by atoms with Crippen LogP contribution in [-0.2, 0) is 10.8 Å². The molecular formula is C18H26N2O. The van der Waals surface area contributed by atoms with Crippen LogP contribution < -0.4 is 5.56 Å². The molecule has 0 aliphatic heterocycles. The molecule has 0 aliphatic rings. The van der Waals surface area contributed by atoms with Crippen molar-refractivity contribution in [2.24, 2.45) is 0 Å². The zero-order valence-electron chi connectivity index (χ0n) is 14.2. The minimum Gasteiger partial charge on any atom is -0.294 e. The maximum Gasteiger partial charge on any atom is 0.275 e. The molecular weight excluding hydrogens is 260 g/mol. The standard InChI is InChI=1S/C18H26N2O/c1-12-9-8-10-13(11-12)20-16(21)14(17(2,3)4)15(19-20)18(5,6)7/h8-11,19H,1-7H3. The van der Waals surface area contributed by atoms with E-state index in [4.69, 9.17) is 0 Å². The summed E-state index contributed by atoms with van der Waals surface area (Å²) in [6.07, 6.45) is 0. The van der Waals surface area contributed by atoms with E-state index in [2.05, 4.69) is 46.6 Å². The van der Waals surface area contributed by atoms with Gasteiger partial charge >= 0.3 is 0 Å². The molecule has 1 aromatic carbocycles. The summed E-state index contributed by atoms with van der Waals surface area (Å²) in [6.45, 7) is 14.7. The summed E-state index contributed by atoms with van der Waals surface area (Å²) in [5, 5.41) is 3.34. The maximum atomic E-state index is 12.9. The summed E-state index contributed by atoms with van der Waals surface area (Å²) in [7, 11) is 0. The van der Waals surface area contributed by atoms with Crippen molar-refractivity contribution < 1.29 is 0 Å². The van der Waals surface area contributed by atoms with E-state index in [0.717, 1.165) is 22.5 Å². The number of nitrogens with zero attached hydrogens (tertiary/aromatic N) is 1. The molecule has 1 aromatic heterocycles. The Labute approximate surface area is 127 Å². The van der Waals surface area contributed by atoms with Crippen molar-refractivity contribution in [2.45, 2.75) is 59.3 Å². The smallest absolute Gasteiger partial charge is 0.275 e. The van der Waals surface area contributed by atoms with Gasteiger partial charge in [0, 0.05) is 16.7 Å². The molecule has 0 amide bonds. The molecule has 2 rings (SSSR count). The normalized spacial score (nSPS) is 12.7. The largest absolute Gasteiger partial charge is 0.294 e. The predicted octanol–water partition coefficient (Wildman–Crippen LogP) is 4.07. The fraction of sp³-hybridized carbons (Fsp3) is 0.500. The molecule has 0 bridgehead atoms. The highest BCUT2D eigenvalue weighted by Crippen LogP contribution is 2.30. The van der Waals surface area contributed by atoms with E-state index in [0.29, 0.717) is 0 Å². The van der Waals surface area contributed by atoms with Gasteiger partial charge in [-0.1, -0.05) is 53.7 Å². The summed E-state index contributed by atoms with van der Waals surface area (Å²) in [6, 6.07) is 8.00. The van der Waals surface area contributed by atoms with E-state index in [-0.39, 0.29) is 16.4 Å². The van der Waals surface area contributed by atoms with E-state index in [9.17, 15) is 4.79 Å². The van der Waals surface area contributed by atoms with Crippen LogP contribution in [0, 0.1) is 6.92 Å². The quantitative estimate of drug-likeness (QED) is 0.843. The van der Waals surface area contributed by atoms with Crippen LogP contribution in [0.2, 0.25) is 0 Å². The topological polar surface area (TPSA) is 37.8 Å². The highest BCUT2D eigenvalue weighted by Gasteiger charge is 2.31. The molecule has 3 heteroatoms. The van der Waals surface area contributed by atoms with Gasteiger partial charge in [0.05, 0.1) is 5.69 Å². The van der Waals surface area contributed by atoms with Crippen LogP contribution >= 0.6 is 0 Å². The Morgan fingerprint density at radius 3 is 2.05 bits per heavy atom. The predicted molar refractivity (Wildman–Crippen MR) is 88.5 cm³/mol. The molecule has 0 saturated carbocycles. The molecule has 114 valence electrons. The Hall–Kier alpha value is -1.77. The third kappa shape index (κ3) is 2.97. The van der Waals surface area contributed by atoms with Crippen LogP contribution in [0.4, 0.5) is 0 Å². The highest BCUT2D eigenvalue weighted by molar-refractivity contribution is 5.39. The summed E-state index contributed by atoms with van der Waals surface area (Å²) < 4.78 is 1.67. The monoisotopic (exact) mass is 286 g/mol. The van der Waals surface area contributed by atoms with E-state index in [1.54, 1.807) is 4.68 Å². The molecule has 0 fully saturated rings. The number of aromatic nitrogens is 2. The summed E-state index contributed by atoms with van der Waals surface area (Å²) in [5.41, 5.74) is 3.68. The number of H-pyrrole nitrogens is 1. The van der Waals surface area contributed by atoms with Crippen molar-refractivity contribution in [1.82, 2.24) is 9.78 Å². The molecule has 0 aliphatic carbocycles.